The largest absolute Gasteiger partial charge is 0.384 e. The van der Waals surface area contributed by atoms with Gasteiger partial charge < -0.3 is 10.8 Å². The summed E-state index contributed by atoms with van der Waals surface area (Å²) in [6, 6.07) is 14.2. The summed E-state index contributed by atoms with van der Waals surface area (Å²) in [5.41, 5.74) is 11.1. The maximum absolute atomic E-state index is 10.5. The van der Waals surface area contributed by atoms with E-state index in [9.17, 15) is 5.11 Å². The first-order valence-corrected chi connectivity index (χ1v) is 7.08. The minimum Gasteiger partial charge on any atom is -0.384 e. The molecule has 0 aliphatic rings. The zero-order valence-electron chi connectivity index (χ0n) is 12.4. The monoisotopic (exact) mass is 269 g/mol. The van der Waals surface area contributed by atoms with Crippen LogP contribution < -0.4 is 5.73 Å². The van der Waals surface area contributed by atoms with Crippen LogP contribution in [0.4, 0.5) is 0 Å². The smallest absolute Gasteiger partial charge is 0.104 e. The molecule has 2 aromatic carbocycles. The van der Waals surface area contributed by atoms with Crippen molar-refractivity contribution in [2.45, 2.75) is 32.8 Å². The molecule has 0 amide bonds. The van der Waals surface area contributed by atoms with Crippen molar-refractivity contribution in [2.24, 2.45) is 5.73 Å². The number of aryl methyl sites for hydroxylation is 2. The van der Waals surface area contributed by atoms with Crippen molar-refractivity contribution >= 4 is 0 Å². The van der Waals surface area contributed by atoms with Crippen LogP contribution in [0.1, 0.15) is 46.8 Å². The highest BCUT2D eigenvalue weighted by Crippen LogP contribution is 2.26. The van der Waals surface area contributed by atoms with Crippen LogP contribution in [0.2, 0.25) is 0 Å². The van der Waals surface area contributed by atoms with E-state index in [0.29, 0.717) is 12.5 Å². The van der Waals surface area contributed by atoms with E-state index in [1.54, 1.807) is 0 Å². The van der Waals surface area contributed by atoms with Gasteiger partial charge in [0.2, 0.25) is 0 Å². The Hall–Kier alpha value is -1.64. The minimum atomic E-state index is -0.571. The van der Waals surface area contributed by atoms with Gasteiger partial charge in [0.25, 0.3) is 0 Å². The lowest BCUT2D eigenvalue weighted by Gasteiger charge is -2.16. The van der Waals surface area contributed by atoms with Gasteiger partial charge >= 0.3 is 0 Å². The summed E-state index contributed by atoms with van der Waals surface area (Å²) in [5.74, 6) is 0.349. The second kappa shape index (κ2) is 6.21. The molecule has 0 bridgehead atoms. The van der Waals surface area contributed by atoms with Gasteiger partial charge in [0.05, 0.1) is 0 Å². The highest BCUT2D eigenvalue weighted by Gasteiger charge is 2.13. The molecule has 2 rings (SSSR count). The second-order valence-corrected chi connectivity index (χ2v) is 5.57. The standard InChI is InChI=1S/C18H23NO/c1-12-4-9-17(13(2)10-12)18(20)16-7-5-15(6-8-16)14(3)11-19/h4-10,14,18,20H,11,19H2,1-3H3. The molecule has 3 N–H and O–H groups in total. The van der Waals surface area contributed by atoms with E-state index in [0.717, 1.165) is 16.7 Å². The predicted octanol–water partition coefficient (Wildman–Crippen LogP) is 3.45. The molecular weight excluding hydrogens is 246 g/mol. The van der Waals surface area contributed by atoms with E-state index in [-0.39, 0.29) is 0 Å². The van der Waals surface area contributed by atoms with Gasteiger partial charge in [-0.3, -0.25) is 0 Å². The highest BCUT2D eigenvalue weighted by atomic mass is 16.3. The van der Waals surface area contributed by atoms with Crippen LogP contribution in [0.3, 0.4) is 0 Å². The molecule has 2 atom stereocenters. The van der Waals surface area contributed by atoms with Gasteiger partial charge in [-0.05, 0) is 48.6 Å². The fourth-order valence-electron chi connectivity index (χ4n) is 2.45. The van der Waals surface area contributed by atoms with Crippen molar-refractivity contribution in [1.82, 2.24) is 0 Å². The molecule has 20 heavy (non-hydrogen) atoms. The zero-order valence-corrected chi connectivity index (χ0v) is 12.4. The molecule has 0 saturated heterocycles. The Morgan fingerprint density at radius 1 is 1.00 bits per heavy atom. The van der Waals surface area contributed by atoms with Crippen molar-refractivity contribution in [3.63, 3.8) is 0 Å². The SMILES string of the molecule is Cc1ccc(C(O)c2ccc(C(C)CN)cc2)c(C)c1. The van der Waals surface area contributed by atoms with Gasteiger partial charge in [-0.25, -0.2) is 0 Å². The maximum atomic E-state index is 10.5. The maximum Gasteiger partial charge on any atom is 0.104 e. The molecule has 0 saturated carbocycles. The number of aliphatic hydroxyl groups excluding tert-OH is 1. The molecule has 0 fully saturated rings. The van der Waals surface area contributed by atoms with Gasteiger partial charge in [-0.2, -0.15) is 0 Å². The Morgan fingerprint density at radius 3 is 2.15 bits per heavy atom. The summed E-state index contributed by atoms with van der Waals surface area (Å²) in [6.07, 6.45) is -0.571. The molecule has 2 aromatic rings. The van der Waals surface area contributed by atoms with Gasteiger partial charge in [0.15, 0.2) is 0 Å². The Morgan fingerprint density at radius 2 is 1.60 bits per heavy atom. The Labute approximate surface area is 121 Å². The van der Waals surface area contributed by atoms with Crippen molar-refractivity contribution in [1.29, 1.82) is 0 Å². The summed E-state index contributed by atoms with van der Waals surface area (Å²) in [7, 11) is 0. The Balaban J connectivity index is 2.26. The lowest BCUT2D eigenvalue weighted by atomic mass is 9.94. The van der Waals surface area contributed by atoms with Gasteiger partial charge in [-0.15, -0.1) is 0 Å². The lowest BCUT2D eigenvalue weighted by molar-refractivity contribution is 0.219. The summed E-state index contributed by atoms with van der Waals surface area (Å²) in [4.78, 5) is 0. The Kier molecular flexibility index (Phi) is 4.58. The van der Waals surface area contributed by atoms with Crippen LogP contribution in [0.25, 0.3) is 0 Å². The Bertz CT molecular complexity index is 574. The van der Waals surface area contributed by atoms with Crippen molar-refractivity contribution in [2.75, 3.05) is 6.54 Å². The summed E-state index contributed by atoms with van der Waals surface area (Å²) in [6.45, 7) is 6.84. The number of aliphatic hydroxyl groups is 1. The van der Waals surface area contributed by atoms with Crippen molar-refractivity contribution < 1.29 is 5.11 Å². The number of rotatable bonds is 4. The molecule has 0 aliphatic carbocycles. The fraction of sp³-hybridized carbons (Fsp3) is 0.333. The number of nitrogens with two attached hydrogens (primary N) is 1. The van der Waals surface area contributed by atoms with Crippen LogP contribution in [0, 0.1) is 13.8 Å². The van der Waals surface area contributed by atoms with Crippen LogP contribution in [-0.4, -0.2) is 11.7 Å². The molecule has 2 nitrogen and oxygen atoms in total. The van der Waals surface area contributed by atoms with E-state index < -0.39 is 6.10 Å². The van der Waals surface area contributed by atoms with Gasteiger partial charge in [-0.1, -0.05) is 55.0 Å². The molecular formula is C18H23NO. The fourth-order valence-corrected chi connectivity index (χ4v) is 2.45. The van der Waals surface area contributed by atoms with E-state index in [1.165, 1.54) is 11.1 Å². The molecule has 0 spiro atoms. The molecule has 2 unspecified atom stereocenters. The third kappa shape index (κ3) is 3.09. The summed E-state index contributed by atoms with van der Waals surface area (Å²) >= 11 is 0. The number of hydrogen-bond acceptors (Lipinski definition) is 2. The van der Waals surface area contributed by atoms with Crippen LogP contribution >= 0.6 is 0 Å². The van der Waals surface area contributed by atoms with Crippen LogP contribution in [-0.2, 0) is 0 Å². The zero-order chi connectivity index (χ0) is 14.7. The number of hydrogen-bond donors (Lipinski definition) is 2. The first-order valence-electron chi connectivity index (χ1n) is 7.08. The quantitative estimate of drug-likeness (QED) is 0.893. The molecule has 0 aromatic heterocycles. The third-order valence-corrected chi connectivity index (χ3v) is 3.89. The minimum absolute atomic E-state index is 0.349. The molecule has 0 aliphatic heterocycles. The highest BCUT2D eigenvalue weighted by molar-refractivity contribution is 5.38. The lowest BCUT2D eigenvalue weighted by Crippen LogP contribution is -2.09. The predicted molar refractivity (Wildman–Crippen MR) is 83.9 cm³/mol. The van der Waals surface area contributed by atoms with E-state index in [2.05, 4.69) is 32.0 Å². The van der Waals surface area contributed by atoms with Crippen LogP contribution in [0.15, 0.2) is 42.5 Å². The first kappa shape index (κ1) is 14.8. The first-order chi connectivity index (χ1) is 9.52. The molecule has 0 radical (unpaired) electrons. The summed E-state index contributed by atoms with van der Waals surface area (Å²) in [5, 5.41) is 10.5. The van der Waals surface area contributed by atoms with Crippen molar-refractivity contribution in [3.8, 4) is 0 Å². The normalized spacial score (nSPS) is 14.1. The van der Waals surface area contributed by atoms with E-state index in [1.807, 2.05) is 31.2 Å². The average Bonchev–Trinajstić information content (AvgIpc) is 2.46. The average molecular weight is 269 g/mol. The topological polar surface area (TPSA) is 46.2 Å². The van der Waals surface area contributed by atoms with Gasteiger partial charge in [0, 0.05) is 0 Å². The van der Waals surface area contributed by atoms with Crippen molar-refractivity contribution in [3.05, 3.63) is 70.3 Å². The third-order valence-electron chi connectivity index (χ3n) is 3.89. The molecule has 2 heteroatoms. The molecule has 0 heterocycles. The molecule has 106 valence electrons. The van der Waals surface area contributed by atoms with E-state index in [4.69, 9.17) is 5.73 Å². The second-order valence-electron chi connectivity index (χ2n) is 5.57. The van der Waals surface area contributed by atoms with E-state index >= 15 is 0 Å². The number of benzene rings is 2. The van der Waals surface area contributed by atoms with Gasteiger partial charge in [0.1, 0.15) is 6.10 Å². The summed E-state index contributed by atoms with van der Waals surface area (Å²) < 4.78 is 0. The van der Waals surface area contributed by atoms with Crippen LogP contribution in [0.5, 0.6) is 0 Å².